The highest BCUT2D eigenvalue weighted by Gasteiger charge is 2.34. The number of sulfone groups is 1. The Bertz CT molecular complexity index is 725. The third-order valence-corrected chi connectivity index (χ3v) is 8.76. The third-order valence-electron chi connectivity index (χ3n) is 5.78. The van der Waals surface area contributed by atoms with Gasteiger partial charge < -0.3 is 4.90 Å². The van der Waals surface area contributed by atoms with Gasteiger partial charge in [0.1, 0.15) is 0 Å². The lowest BCUT2D eigenvalue weighted by molar-refractivity contribution is 0.0592. The van der Waals surface area contributed by atoms with Crippen LogP contribution in [-0.4, -0.2) is 67.9 Å². The molecule has 4 rings (SSSR count). The van der Waals surface area contributed by atoms with Crippen LogP contribution in [0, 0.1) is 0 Å². The lowest BCUT2D eigenvalue weighted by Gasteiger charge is -2.37. The molecule has 1 aromatic rings. The Labute approximate surface area is 153 Å². The third kappa shape index (κ3) is 3.78. The van der Waals surface area contributed by atoms with Crippen LogP contribution in [0.5, 0.6) is 0 Å². The number of carbonyl (C=O) groups is 1. The quantitative estimate of drug-likeness (QED) is 0.734. The first kappa shape index (κ1) is 17.5. The smallest absolute Gasteiger partial charge is 0.264 e. The Morgan fingerprint density at radius 3 is 2.56 bits per heavy atom. The number of fused-ring (bicyclic) bond motifs is 1. The first-order valence-corrected chi connectivity index (χ1v) is 12.0. The summed E-state index contributed by atoms with van der Waals surface area (Å²) in [4.78, 5) is 19.4. The van der Waals surface area contributed by atoms with Crippen LogP contribution in [0.15, 0.2) is 6.07 Å². The van der Waals surface area contributed by atoms with Crippen molar-refractivity contribution in [3.63, 3.8) is 0 Å². The highest BCUT2D eigenvalue weighted by atomic mass is 32.2. The highest BCUT2D eigenvalue weighted by Crippen LogP contribution is 2.30. The monoisotopic (exact) mass is 382 g/mol. The van der Waals surface area contributed by atoms with Crippen LogP contribution in [0.3, 0.4) is 0 Å². The molecule has 0 bridgehead atoms. The van der Waals surface area contributed by atoms with Crippen LogP contribution in [0.4, 0.5) is 0 Å². The van der Waals surface area contributed by atoms with E-state index >= 15 is 0 Å². The largest absolute Gasteiger partial charge is 0.335 e. The number of carbonyl (C=O) groups excluding carboxylic acids is 1. The van der Waals surface area contributed by atoms with Crippen molar-refractivity contribution in [3.05, 3.63) is 21.4 Å². The Kier molecular flexibility index (Phi) is 4.90. The molecule has 0 N–H and O–H groups in total. The second kappa shape index (κ2) is 7.00. The molecule has 2 aliphatic heterocycles. The van der Waals surface area contributed by atoms with Gasteiger partial charge in [-0.2, -0.15) is 0 Å². The fourth-order valence-electron chi connectivity index (χ4n) is 4.28. The molecule has 5 nitrogen and oxygen atoms in total. The summed E-state index contributed by atoms with van der Waals surface area (Å²) in [7, 11) is -2.84. The molecular formula is C18H26N2O3S2. The molecule has 3 heterocycles. The van der Waals surface area contributed by atoms with Crippen LogP contribution in [0.2, 0.25) is 0 Å². The molecule has 3 aliphatic rings. The molecule has 1 aliphatic carbocycles. The van der Waals surface area contributed by atoms with Gasteiger partial charge in [-0.1, -0.05) is 6.42 Å². The van der Waals surface area contributed by atoms with E-state index in [9.17, 15) is 13.2 Å². The zero-order valence-corrected chi connectivity index (χ0v) is 16.2. The van der Waals surface area contributed by atoms with Crippen molar-refractivity contribution in [2.45, 2.75) is 44.6 Å². The number of nitrogens with zero attached hydrogens (tertiary/aromatic N) is 2. The molecule has 1 amide bonds. The van der Waals surface area contributed by atoms with Crippen LogP contribution in [0.1, 0.15) is 45.8 Å². The zero-order valence-electron chi connectivity index (χ0n) is 14.6. The number of aryl methyl sites for hydroxylation is 2. The average molecular weight is 383 g/mol. The standard InChI is InChI=1S/C18H26N2O3S2/c21-18(17-12-14-4-2-1-3-5-16(14)24-17)20-9-7-19(8-10-20)15-6-11-25(22,23)13-15/h12,15H,1-11,13H2. The summed E-state index contributed by atoms with van der Waals surface area (Å²) in [6.07, 6.45) is 6.75. The zero-order chi connectivity index (χ0) is 17.4. The minimum Gasteiger partial charge on any atom is -0.335 e. The molecule has 2 fully saturated rings. The molecule has 0 aromatic carbocycles. The van der Waals surface area contributed by atoms with E-state index in [1.165, 1.54) is 29.7 Å². The van der Waals surface area contributed by atoms with Crippen molar-refractivity contribution in [1.82, 2.24) is 9.80 Å². The van der Waals surface area contributed by atoms with Gasteiger partial charge in [0.2, 0.25) is 0 Å². The van der Waals surface area contributed by atoms with E-state index in [0.717, 1.165) is 37.2 Å². The lowest BCUT2D eigenvalue weighted by atomic mass is 10.1. The molecule has 1 aromatic heterocycles. The fourth-order valence-corrected chi connectivity index (χ4v) is 7.27. The van der Waals surface area contributed by atoms with E-state index in [4.69, 9.17) is 0 Å². The van der Waals surface area contributed by atoms with E-state index in [2.05, 4.69) is 11.0 Å². The maximum atomic E-state index is 12.9. The summed E-state index contributed by atoms with van der Waals surface area (Å²) in [5, 5.41) is 0. The van der Waals surface area contributed by atoms with Crippen LogP contribution in [-0.2, 0) is 22.7 Å². The SMILES string of the molecule is O=C(c1cc2c(s1)CCCCC2)N1CCN(C2CCS(=O)(=O)C2)CC1. The van der Waals surface area contributed by atoms with Crippen LogP contribution >= 0.6 is 11.3 Å². The minimum absolute atomic E-state index is 0.153. The number of rotatable bonds is 2. The predicted molar refractivity (Wildman–Crippen MR) is 100 cm³/mol. The normalized spacial score (nSPS) is 27.0. The number of hydrogen-bond acceptors (Lipinski definition) is 5. The average Bonchev–Trinajstić information content (AvgIpc) is 3.10. The van der Waals surface area contributed by atoms with Gasteiger partial charge in [0.15, 0.2) is 9.84 Å². The van der Waals surface area contributed by atoms with E-state index in [-0.39, 0.29) is 11.9 Å². The highest BCUT2D eigenvalue weighted by molar-refractivity contribution is 7.91. The van der Waals surface area contributed by atoms with E-state index in [0.29, 0.717) is 24.6 Å². The topological polar surface area (TPSA) is 57.7 Å². The molecule has 7 heteroatoms. The van der Waals surface area contributed by atoms with E-state index < -0.39 is 9.84 Å². The summed E-state index contributed by atoms with van der Waals surface area (Å²) in [5.74, 6) is 0.771. The summed E-state index contributed by atoms with van der Waals surface area (Å²) in [5.41, 5.74) is 1.39. The molecule has 1 unspecified atom stereocenters. The maximum Gasteiger partial charge on any atom is 0.264 e. The van der Waals surface area contributed by atoms with Crippen molar-refractivity contribution < 1.29 is 13.2 Å². The molecule has 0 spiro atoms. The molecule has 1 atom stereocenters. The van der Waals surface area contributed by atoms with Gasteiger partial charge in [0, 0.05) is 37.1 Å². The molecule has 0 radical (unpaired) electrons. The summed E-state index contributed by atoms with van der Waals surface area (Å²) in [6.45, 7) is 2.99. The van der Waals surface area contributed by atoms with Crippen molar-refractivity contribution in [1.29, 1.82) is 0 Å². The van der Waals surface area contributed by atoms with Gasteiger partial charge in [-0.15, -0.1) is 11.3 Å². The van der Waals surface area contributed by atoms with Gasteiger partial charge in [-0.25, -0.2) is 8.42 Å². The van der Waals surface area contributed by atoms with Crippen molar-refractivity contribution in [2.75, 3.05) is 37.7 Å². The van der Waals surface area contributed by atoms with Crippen LogP contribution in [0.25, 0.3) is 0 Å². The first-order chi connectivity index (χ1) is 12.0. The molecular weight excluding hydrogens is 356 g/mol. The maximum absolute atomic E-state index is 12.9. The van der Waals surface area contributed by atoms with Crippen molar-refractivity contribution in [2.24, 2.45) is 0 Å². The van der Waals surface area contributed by atoms with E-state index in [1.807, 2.05) is 4.90 Å². The Morgan fingerprint density at radius 1 is 1.08 bits per heavy atom. The van der Waals surface area contributed by atoms with Crippen molar-refractivity contribution in [3.8, 4) is 0 Å². The number of hydrogen-bond donors (Lipinski definition) is 0. The molecule has 2 saturated heterocycles. The second-order valence-corrected chi connectivity index (χ2v) is 10.9. The minimum atomic E-state index is -2.84. The van der Waals surface area contributed by atoms with Gasteiger partial charge in [0.25, 0.3) is 5.91 Å². The lowest BCUT2D eigenvalue weighted by Crippen LogP contribution is -2.52. The molecule has 25 heavy (non-hydrogen) atoms. The summed E-state index contributed by atoms with van der Waals surface area (Å²) >= 11 is 1.69. The summed E-state index contributed by atoms with van der Waals surface area (Å²) in [6, 6.07) is 2.28. The molecule has 138 valence electrons. The van der Waals surface area contributed by atoms with Crippen molar-refractivity contribution >= 4 is 27.1 Å². The first-order valence-electron chi connectivity index (χ1n) is 9.37. The number of thiophene rings is 1. The Balaban J connectivity index is 1.37. The van der Waals surface area contributed by atoms with Gasteiger partial charge in [-0.05, 0) is 43.7 Å². The van der Waals surface area contributed by atoms with Gasteiger partial charge in [0.05, 0.1) is 16.4 Å². The number of piperazine rings is 1. The molecule has 0 saturated carbocycles. The second-order valence-electron chi connectivity index (χ2n) is 7.50. The summed E-state index contributed by atoms with van der Waals surface area (Å²) < 4.78 is 23.3. The van der Waals surface area contributed by atoms with Gasteiger partial charge >= 0.3 is 0 Å². The van der Waals surface area contributed by atoms with Crippen LogP contribution < -0.4 is 0 Å². The predicted octanol–water partition coefficient (Wildman–Crippen LogP) is 1.96. The fraction of sp³-hybridized carbons (Fsp3) is 0.722. The Morgan fingerprint density at radius 2 is 1.84 bits per heavy atom. The van der Waals surface area contributed by atoms with Gasteiger partial charge in [-0.3, -0.25) is 9.69 Å². The van der Waals surface area contributed by atoms with E-state index in [1.54, 1.807) is 11.3 Å². The number of amides is 1. The Hall–Kier alpha value is -0.920.